The smallest absolute Gasteiger partial charge is 0.405 e. The van der Waals surface area contributed by atoms with E-state index in [1.54, 1.807) is 18.3 Å². The van der Waals surface area contributed by atoms with Crippen molar-refractivity contribution in [2.24, 2.45) is 23.7 Å². The van der Waals surface area contributed by atoms with Crippen LogP contribution < -0.4 is 15.4 Å². The lowest BCUT2D eigenvalue weighted by atomic mass is 9.44. The minimum Gasteiger partial charge on any atom is -0.490 e. The van der Waals surface area contributed by atoms with E-state index in [2.05, 4.69) is 15.6 Å². The number of pyridine rings is 1. The zero-order chi connectivity index (χ0) is 22.3. The van der Waals surface area contributed by atoms with Crippen LogP contribution in [-0.2, 0) is 4.79 Å². The summed E-state index contributed by atoms with van der Waals surface area (Å²) < 4.78 is 19.9. The van der Waals surface area contributed by atoms with Gasteiger partial charge in [0.05, 0.1) is 17.2 Å². The molecule has 7 rings (SSSR count). The van der Waals surface area contributed by atoms with Gasteiger partial charge in [0.1, 0.15) is 11.6 Å². The summed E-state index contributed by atoms with van der Waals surface area (Å²) in [6.45, 7) is 2.00. The fourth-order valence-electron chi connectivity index (χ4n) is 6.89. The number of hydrogen-bond donors (Lipinski definition) is 3. The molecule has 5 fully saturated rings. The maximum Gasteiger partial charge on any atom is 0.405 e. The number of hydrogen-bond acceptors (Lipinski definition) is 4. The van der Waals surface area contributed by atoms with Crippen molar-refractivity contribution < 1.29 is 23.8 Å². The van der Waals surface area contributed by atoms with Gasteiger partial charge in [-0.3, -0.25) is 9.78 Å². The van der Waals surface area contributed by atoms with Crippen LogP contribution >= 0.6 is 0 Å². The summed E-state index contributed by atoms with van der Waals surface area (Å²) in [7, 11) is 0. The molecule has 2 bridgehead atoms. The van der Waals surface area contributed by atoms with Crippen molar-refractivity contribution in [2.45, 2.75) is 56.2 Å². The number of carbonyl (C=O) groups excluding carboxylic acids is 1. The third-order valence-corrected chi connectivity index (χ3v) is 8.21. The summed E-state index contributed by atoms with van der Waals surface area (Å²) >= 11 is 0. The Hall–Kier alpha value is -2.90. The molecule has 5 saturated carbocycles. The summed E-state index contributed by atoms with van der Waals surface area (Å²) in [5.74, 6) is 1.73. The molecule has 32 heavy (non-hydrogen) atoms. The molecule has 3 unspecified atom stereocenters. The summed E-state index contributed by atoms with van der Waals surface area (Å²) in [6, 6.07) is 6.31. The van der Waals surface area contributed by atoms with Gasteiger partial charge in [0.25, 0.3) is 0 Å². The van der Waals surface area contributed by atoms with E-state index in [-0.39, 0.29) is 34.8 Å². The molecular formula is C24H26FN3O4. The van der Waals surface area contributed by atoms with E-state index in [1.165, 1.54) is 12.1 Å². The average molecular weight is 439 g/mol. The van der Waals surface area contributed by atoms with Gasteiger partial charge < -0.3 is 20.5 Å². The third kappa shape index (κ3) is 3.03. The Morgan fingerprint density at radius 1 is 1.16 bits per heavy atom. The van der Waals surface area contributed by atoms with E-state index < -0.39 is 6.09 Å². The molecule has 2 aromatic rings. The van der Waals surface area contributed by atoms with E-state index in [0.29, 0.717) is 53.7 Å². The van der Waals surface area contributed by atoms with Gasteiger partial charge in [0.2, 0.25) is 5.91 Å². The molecule has 8 heteroatoms. The van der Waals surface area contributed by atoms with Crippen molar-refractivity contribution >= 4 is 22.9 Å². The number of nitrogens with zero attached hydrogens (tertiary/aromatic N) is 1. The molecule has 168 valence electrons. The predicted octanol–water partition coefficient (Wildman–Crippen LogP) is 3.47. The van der Waals surface area contributed by atoms with Gasteiger partial charge in [0, 0.05) is 23.0 Å². The second-order valence-electron chi connectivity index (χ2n) is 10.4. The maximum atomic E-state index is 13.7. The van der Waals surface area contributed by atoms with E-state index in [9.17, 15) is 14.0 Å². The Balaban J connectivity index is 1.03. The molecule has 0 saturated heterocycles. The van der Waals surface area contributed by atoms with Gasteiger partial charge >= 0.3 is 6.09 Å². The fourth-order valence-corrected chi connectivity index (χ4v) is 6.89. The summed E-state index contributed by atoms with van der Waals surface area (Å²) in [5, 5.41) is 15.4. The Labute approximate surface area is 184 Å². The Morgan fingerprint density at radius 3 is 2.53 bits per heavy atom. The molecule has 7 nitrogen and oxygen atoms in total. The molecule has 5 aliphatic carbocycles. The number of rotatable bonds is 6. The number of carboxylic acid groups (broad SMARTS) is 1. The van der Waals surface area contributed by atoms with Gasteiger partial charge in [-0.2, -0.15) is 0 Å². The summed E-state index contributed by atoms with van der Waals surface area (Å²) in [5.41, 5.74) is 0.189. The maximum absolute atomic E-state index is 13.7. The summed E-state index contributed by atoms with van der Waals surface area (Å²) in [6.07, 6.45) is 4.65. The van der Waals surface area contributed by atoms with Crippen molar-refractivity contribution in [1.82, 2.24) is 15.6 Å². The normalized spacial score (nSPS) is 36.9. The molecule has 5 aliphatic rings. The number of carbonyl (C=O) groups is 2. The monoisotopic (exact) mass is 439 g/mol. The first-order valence-electron chi connectivity index (χ1n) is 11.3. The zero-order valence-electron chi connectivity index (χ0n) is 17.8. The topological polar surface area (TPSA) is 101 Å². The molecule has 5 atom stereocenters. The van der Waals surface area contributed by atoms with Crippen LogP contribution in [0.5, 0.6) is 5.75 Å². The highest BCUT2D eigenvalue weighted by Crippen LogP contribution is 2.63. The number of fused-ring (bicyclic) bond motifs is 2. The molecule has 0 radical (unpaired) electrons. The van der Waals surface area contributed by atoms with E-state index in [0.717, 1.165) is 12.8 Å². The van der Waals surface area contributed by atoms with Crippen LogP contribution in [0.15, 0.2) is 30.5 Å². The first-order valence-corrected chi connectivity index (χ1v) is 11.3. The minimum absolute atomic E-state index is 0.0563. The molecule has 1 aromatic carbocycles. The number of ether oxygens (including phenoxy) is 1. The first kappa shape index (κ1) is 19.8. The minimum atomic E-state index is -0.995. The van der Waals surface area contributed by atoms with Crippen LogP contribution in [0.2, 0.25) is 0 Å². The van der Waals surface area contributed by atoms with Crippen molar-refractivity contribution in [3.63, 3.8) is 0 Å². The number of halogens is 1. The molecule has 0 aliphatic heterocycles. The van der Waals surface area contributed by atoms with Crippen molar-refractivity contribution in [3.05, 3.63) is 36.3 Å². The van der Waals surface area contributed by atoms with Gasteiger partial charge in [-0.15, -0.1) is 0 Å². The standard InChI is InChI=1S/C24H26FN3O4/c1-12(21(29)27-23-9-24(10-23,11-23)28-22(30)31)20-15-7-14(8-16(15)20)32-19-4-5-26-18-3-2-13(25)6-17(18)19/h2-6,12,14-16,20,28H,7-11H2,1H3,(H,27,29)(H,30,31)/t12?,14?,15-,16+,20?,23?,24?. The number of benzene rings is 1. The molecular weight excluding hydrogens is 413 g/mol. The highest BCUT2D eigenvalue weighted by atomic mass is 19.1. The van der Waals surface area contributed by atoms with Crippen LogP contribution in [0.25, 0.3) is 10.9 Å². The average Bonchev–Trinajstić information content (AvgIpc) is 3.19. The zero-order valence-corrected chi connectivity index (χ0v) is 17.8. The third-order valence-electron chi connectivity index (χ3n) is 8.21. The molecule has 0 spiro atoms. The molecule has 1 heterocycles. The lowest BCUT2D eigenvalue weighted by Crippen LogP contribution is -2.84. The Bertz CT molecular complexity index is 1110. The fraction of sp³-hybridized carbons (Fsp3) is 0.542. The number of amides is 2. The van der Waals surface area contributed by atoms with E-state index in [4.69, 9.17) is 9.84 Å². The van der Waals surface area contributed by atoms with E-state index in [1.807, 2.05) is 6.92 Å². The Morgan fingerprint density at radius 2 is 1.84 bits per heavy atom. The second kappa shape index (κ2) is 6.56. The molecule has 3 N–H and O–H groups in total. The van der Waals surface area contributed by atoms with Gasteiger partial charge in [0.15, 0.2) is 0 Å². The van der Waals surface area contributed by atoms with Crippen molar-refractivity contribution in [1.29, 1.82) is 0 Å². The van der Waals surface area contributed by atoms with Crippen LogP contribution in [0.3, 0.4) is 0 Å². The molecule has 1 aromatic heterocycles. The predicted molar refractivity (Wildman–Crippen MR) is 114 cm³/mol. The summed E-state index contributed by atoms with van der Waals surface area (Å²) in [4.78, 5) is 28.0. The number of nitrogens with one attached hydrogen (secondary N) is 2. The Kier molecular flexibility index (Phi) is 4.05. The SMILES string of the molecule is CC(C(=O)NC12CC(NC(=O)O)(C1)C2)C1[C@H]2CC(Oc3ccnc4ccc(F)cc34)C[C@@H]12. The van der Waals surface area contributed by atoms with Crippen LogP contribution in [0, 0.1) is 29.5 Å². The largest absolute Gasteiger partial charge is 0.490 e. The lowest BCUT2D eigenvalue weighted by molar-refractivity contribution is -0.143. The number of aromatic nitrogens is 1. The van der Waals surface area contributed by atoms with Gasteiger partial charge in [-0.25, -0.2) is 9.18 Å². The van der Waals surface area contributed by atoms with Gasteiger partial charge in [-0.05, 0) is 74.1 Å². The highest BCUT2D eigenvalue weighted by molar-refractivity contribution is 5.85. The van der Waals surface area contributed by atoms with Crippen LogP contribution in [-0.4, -0.2) is 39.3 Å². The second-order valence-corrected chi connectivity index (χ2v) is 10.4. The van der Waals surface area contributed by atoms with E-state index >= 15 is 0 Å². The lowest BCUT2D eigenvalue weighted by Gasteiger charge is -2.70. The van der Waals surface area contributed by atoms with Crippen molar-refractivity contribution in [3.8, 4) is 5.75 Å². The van der Waals surface area contributed by atoms with Gasteiger partial charge in [-0.1, -0.05) is 6.92 Å². The first-order chi connectivity index (χ1) is 15.3. The highest BCUT2D eigenvalue weighted by Gasteiger charge is 2.70. The van der Waals surface area contributed by atoms with Crippen LogP contribution in [0.1, 0.15) is 39.0 Å². The van der Waals surface area contributed by atoms with Crippen LogP contribution in [0.4, 0.5) is 9.18 Å². The quantitative estimate of drug-likeness (QED) is 0.640. The van der Waals surface area contributed by atoms with Crippen molar-refractivity contribution in [2.75, 3.05) is 0 Å². The molecule has 2 amide bonds.